The van der Waals surface area contributed by atoms with Gasteiger partial charge in [0.2, 0.25) is 0 Å². The van der Waals surface area contributed by atoms with Gasteiger partial charge >= 0.3 is 5.97 Å². The van der Waals surface area contributed by atoms with Crippen LogP contribution in [0.25, 0.3) is 16.9 Å². The number of hydrogen-bond acceptors (Lipinski definition) is 5. The molecule has 2 aromatic heterocycles. The number of morpholine rings is 1. The number of imidazole rings is 1. The van der Waals surface area contributed by atoms with Crippen LogP contribution in [0.4, 0.5) is 8.78 Å². The van der Waals surface area contributed by atoms with Crippen molar-refractivity contribution in [2.24, 2.45) is 0 Å². The number of carbonyl (C=O) groups is 1. The number of rotatable bonds is 4. The molecule has 158 valence electrons. The zero-order valence-corrected chi connectivity index (χ0v) is 17.1. The lowest BCUT2D eigenvalue weighted by molar-refractivity contribution is 0.0286. The fourth-order valence-electron chi connectivity index (χ4n) is 3.86. The molecule has 6 nitrogen and oxygen atoms in total. The molecule has 0 bridgehead atoms. The summed E-state index contributed by atoms with van der Waals surface area (Å²) in [6.07, 6.45) is 2.24. The lowest BCUT2D eigenvalue weighted by atomic mass is 9.98. The number of aryl methyl sites for hydroxylation is 1. The summed E-state index contributed by atoms with van der Waals surface area (Å²) < 4.78 is 42.4. The van der Waals surface area contributed by atoms with Gasteiger partial charge in [0.15, 0.2) is 0 Å². The van der Waals surface area contributed by atoms with Crippen molar-refractivity contribution in [1.82, 2.24) is 14.7 Å². The molecule has 3 aromatic rings. The van der Waals surface area contributed by atoms with E-state index in [1.807, 2.05) is 29.7 Å². The van der Waals surface area contributed by atoms with Crippen LogP contribution in [-0.2, 0) is 15.9 Å². The van der Waals surface area contributed by atoms with E-state index in [0.717, 1.165) is 31.0 Å². The second kappa shape index (κ2) is 8.12. The standard InChI is InChI=1S/C22H23F2N3O3/c1-12-4-6-27-17(9-14-11-25-5-7-30-14)21(26-18(27)8-12)19-13(2)20(24)15(10-16(19)23)22(28)29-3/h4,6,8,10,14,25H,5,7,9,11H2,1-3H3/t14-/m0/s1. The summed E-state index contributed by atoms with van der Waals surface area (Å²) in [7, 11) is 1.13. The van der Waals surface area contributed by atoms with Crippen LogP contribution in [0.2, 0.25) is 0 Å². The summed E-state index contributed by atoms with van der Waals surface area (Å²) >= 11 is 0. The van der Waals surface area contributed by atoms with E-state index in [4.69, 9.17) is 4.74 Å². The highest BCUT2D eigenvalue weighted by atomic mass is 19.1. The molecule has 0 spiro atoms. The molecule has 8 heteroatoms. The van der Waals surface area contributed by atoms with Gasteiger partial charge in [0.1, 0.15) is 17.3 Å². The lowest BCUT2D eigenvalue weighted by Gasteiger charge is -2.24. The highest BCUT2D eigenvalue weighted by molar-refractivity contribution is 5.91. The fourth-order valence-corrected chi connectivity index (χ4v) is 3.86. The number of hydrogen-bond donors (Lipinski definition) is 1. The van der Waals surface area contributed by atoms with Crippen molar-refractivity contribution < 1.29 is 23.0 Å². The van der Waals surface area contributed by atoms with E-state index in [1.54, 1.807) is 0 Å². The topological polar surface area (TPSA) is 64.9 Å². The third kappa shape index (κ3) is 3.57. The molecule has 4 rings (SSSR count). The molecular formula is C22H23F2N3O3. The Morgan fingerprint density at radius 1 is 1.37 bits per heavy atom. The second-order valence-corrected chi connectivity index (χ2v) is 7.45. The maximum Gasteiger partial charge on any atom is 0.340 e. The highest BCUT2D eigenvalue weighted by Crippen LogP contribution is 2.34. The largest absolute Gasteiger partial charge is 0.465 e. The summed E-state index contributed by atoms with van der Waals surface area (Å²) in [5.74, 6) is -2.46. The second-order valence-electron chi connectivity index (χ2n) is 7.45. The molecule has 0 radical (unpaired) electrons. The minimum Gasteiger partial charge on any atom is -0.465 e. The first-order chi connectivity index (χ1) is 14.4. The molecule has 0 saturated carbocycles. The quantitative estimate of drug-likeness (QED) is 0.663. The number of nitrogens with zero attached hydrogens (tertiary/aromatic N) is 2. The number of nitrogens with one attached hydrogen (secondary N) is 1. The van der Waals surface area contributed by atoms with Crippen molar-refractivity contribution in [3.8, 4) is 11.3 Å². The smallest absolute Gasteiger partial charge is 0.340 e. The highest BCUT2D eigenvalue weighted by Gasteiger charge is 2.27. The van der Waals surface area contributed by atoms with Gasteiger partial charge in [-0.2, -0.15) is 0 Å². The molecule has 1 fully saturated rings. The minimum absolute atomic E-state index is 0.0134. The third-order valence-corrected chi connectivity index (χ3v) is 5.40. The van der Waals surface area contributed by atoms with Gasteiger partial charge in [-0.25, -0.2) is 18.6 Å². The van der Waals surface area contributed by atoms with Crippen molar-refractivity contribution in [1.29, 1.82) is 0 Å². The molecule has 3 heterocycles. The van der Waals surface area contributed by atoms with Gasteiger partial charge in [0, 0.05) is 31.3 Å². The van der Waals surface area contributed by atoms with Crippen LogP contribution in [0.5, 0.6) is 0 Å². The molecule has 1 saturated heterocycles. The van der Waals surface area contributed by atoms with Gasteiger partial charge in [-0.1, -0.05) is 0 Å². The van der Waals surface area contributed by atoms with E-state index in [2.05, 4.69) is 15.0 Å². The molecule has 0 unspecified atom stereocenters. The molecule has 1 aliphatic rings. The third-order valence-electron chi connectivity index (χ3n) is 5.40. The number of fused-ring (bicyclic) bond motifs is 1. The van der Waals surface area contributed by atoms with E-state index >= 15 is 4.39 Å². The molecule has 1 N–H and O–H groups in total. The Morgan fingerprint density at radius 2 is 2.17 bits per heavy atom. The van der Waals surface area contributed by atoms with Crippen LogP contribution >= 0.6 is 0 Å². The number of methoxy groups -OCH3 is 1. The average molecular weight is 415 g/mol. The number of pyridine rings is 1. The van der Waals surface area contributed by atoms with Gasteiger partial charge in [-0.05, 0) is 43.2 Å². The molecule has 0 aliphatic carbocycles. The van der Waals surface area contributed by atoms with Crippen LogP contribution < -0.4 is 5.32 Å². The summed E-state index contributed by atoms with van der Waals surface area (Å²) in [5.41, 5.74) is 2.34. The van der Waals surface area contributed by atoms with Crippen LogP contribution in [0.15, 0.2) is 24.4 Å². The van der Waals surface area contributed by atoms with Gasteiger partial charge in [-0.3, -0.25) is 0 Å². The van der Waals surface area contributed by atoms with E-state index in [1.165, 1.54) is 6.92 Å². The summed E-state index contributed by atoms with van der Waals surface area (Å²) in [4.78, 5) is 16.5. The van der Waals surface area contributed by atoms with Gasteiger partial charge in [-0.15, -0.1) is 0 Å². The fraction of sp³-hybridized carbons (Fsp3) is 0.364. The first-order valence-electron chi connectivity index (χ1n) is 9.78. The van der Waals surface area contributed by atoms with Crippen molar-refractivity contribution in [2.45, 2.75) is 26.4 Å². The zero-order chi connectivity index (χ0) is 21.4. The van der Waals surface area contributed by atoms with Gasteiger partial charge in [0.05, 0.1) is 36.8 Å². The van der Waals surface area contributed by atoms with Crippen molar-refractivity contribution in [3.63, 3.8) is 0 Å². The Bertz CT molecular complexity index is 1120. The van der Waals surface area contributed by atoms with Crippen LogP contribution in [0.1, 0.15) is 27.2 Å². The van der Waals surface area contributed by atoms with Gasteiger partial charge in [0.25, 0.3) is 0 Å². The monoisotopic (exact) mass is 415 g/mol. The molecule has 1 aliphatic heterocycles. The predicted octanol–water partition coefficient (Wildman–Crippen LogP) is 3.21. The van der Waals surface area contributed by atoms with E-state index < -0.39 is 23.2 Å². The Kier molecular flexibility index (Phi) is 5.53. The van der Waals surface area contributed by atoms with E-state index in [-0.39, 0.29) is 17.2 Å². The SMILES string of the molecule is COC(=O)c1cc(F)c(-c2nc3cc(C)ccn3c2C[C@H]2CNCCO2)c(C)c1F. The normalized spacial score (nSPS) is 16.8. The predicted molar refractivity (Wildman–Crippen MR) is 108 cm³/mol. The molecule has 0 amide bonds. The molecule has 1 aromatic carbocycles. The summed E-state index contributed by atoms with van der Waals surface area (Å²) in [6, 6.07) is 4.70. The van der Waals surface area contributed by atoms with Gasteiger partial charge < -0.3 is 19.2 Å². The first kappa shape index (κ1) is 20.4. The number of carbonyl (C=O) groups excluding carboxylic acids is 1. The first-order valence-corrected chi connectivity index (χ1v) is 9.78. The Morgan fingerprint density at radius 3 is 2.87 bits per heavy atom. The van der Waals surface area contributed by atoms with Crippen LogP contribution in [-0.4, -0.2) is 48.3 Å². The Hall–Kier alpha value is -2.84. The van der Waals surface area contributed by atoms with E-state index in [0.29, 0.717) is 30.9 Å². The molecular weight excluding hydrogens is 392 g/mol. The minimum atomic E-state index is -0.923. The Labute approximate surface area is 172 Å². The van der Waals surface area contributed by atoms with Crippen molar-refractivity contribution in [3.05, 3.63) is 58.4 Å². The van der Waals surface area contributed by atoms with Crippen LogP contribution in [0.3, 0.4) is 0 Å². The average Bonchev–Trinajstić information content (AvgIpc) is 3.07. The van der Waals surface area contributed by atoms with Crippen LogP contribution in [0, 0.1) is 25.5 Å². The number of benzene rings is 1. The summed E-state index contributed by atoms with van der Waals surface area (Å²) in [6.45, 7) is 5.42. The summed E-state index contributed by atoms with van der Waals surface area (Å²) in [5, 5.41) is 3.28. The molecule has 30 heavy (non-hydrogen) atoms. The Balaban J connectivity index is 1.91. The maximum absolute atomic E-state index is 15.2. The number of ether oxygens (including phenoxy) is 2. The van der Waals surface area contributed by atoms with E-state index in [9.17, 15) is 9.18 Å². The lowest BCUT2D eigenvalue weighted by Crippen LogP contribution is -2.39. The number of halogens is 2. The van der Waals surface area contributed by atoms with Crippen molar-refractivity contribution in [2.75, 3.05) is 26.8 Å². The molecule has 1 atom stereocenters. The zero-order valence-electron chi connectivity index (χ0n) is 17.1. The maximum atomic E-state index is 15.2. The number of esters is 1. The van der Waals surface area contributed by atoms with Crippen molar-refractivity contribution >= 4 is 11.6 Å². The number of aromatic nitrogens is 2.